The van der Waals surface area contributed by atoms with Crippen LogP contribution < -0.4 is 4.74 Å². The van der Waals surface area contributed by atoms with Gasteiger partial charge in [-0.3, -0.25) is 4.79 Å². The first kappa shape index (κ1) is 15.3. The Morgan fingerprint density at radius 3 is 2.48 bits per heavy atom. The molecule has 1 atom stereocenters. The predicted molar refractivity (Wildman–Crippen MR) is 84.5 cm³/mol. The molecule has 0 fully saturated rings. The standard InChI is InChI=1S/C17H22N2O2/c1-12(2)10-17(4)11-16(18-19(17)13(3)20)14-6-8-15(21-5)9-7-14/h6-9H,1,10-11H2,2-5H3. The summed E-state index contributed by atoms with van der Waals surface area (Å²) in [5, 5.41) is 6.14. The zero-order chi connectivity index (χ0) is 15.6. The van der Waals surface area contributed by atoms with Crippen LogP contribution in [0.5, 0.6) is 5.75 Å². The minimum atomic E-state index is -0.326. The molecule has 2 rings (SSSR count). The highest BCUT2D eigenvalue weighted by molar-refractivity contribution is 6.03. The maximum atomic E-state index is 11.9. The predicted octanol–water partition coefficient (Wildman–Crippen LogP) is 3.38. The second-order valence-electron chi connectivity index (χ2n) is 5.91. The molecule has 0 saturated heterocycles. The summed E-state index contributed by atoms with van der Waals surface area (Å²) in [4.78, 5) is 11.9. The van der Waals surface area contributed by atoms with Gasteiger partial charge >= 0.3 is 0 Å². The zero-order valence-electron chi connectivity index (χ0n) is 13.1. The van der Waals surface area contributed by atoms with Crippen LogP contribution in [0, 0.1) is 0 Å². The number of hydrogen-bond acceptors (Lipinski definition) is 3. The molecule has 4 nitrogen and oxygen atoms in total. The van der Waals surface area contributed by atoms with Crippen LogP contribution in [0.15, 0.2) is 41.5 Å². The Kier molecular flexibility index (Phi) is 4.16. The molecule has 0 bridgehead atoms. The molecule has 0 aliphatic carbocycles. The highest BCUT2D eigenvalue weighted by atomic mass is 16.5. The van der Waals surface area contributed by atoms with E-state index in [-0.39, 0.29) is 11.4 Å². The number of benzene rings is 1. The van der Waals surface area contributed by atoms with Crippen molar-refractivity contribution in [3.8, 4) is 5.75 Å². The Hall–Kier alpha value is -2.10. The van der Waals surface area contributed by atoms with Gasteiger partial charge < -0.3 is 4.74 Å². The quantitative estimate of drug-likeness (QED) is 0.796. The lowest BCUT2D eigenvalue weighted by molar-refractivity contribution is -0.133. The van der Waals surface area contributed by atoms with Gasteiger partial charge in [-0.05, 0) is 50.1 Å². The summed E-state index contributed by atoms with van der Waals surface area (Å²) in [6.45, 7) is 9.57. The van der Waals surface area contributed by atoms with Crippen molar-refractivity contribution in [2.24, 2.45) is 5.10 Å². The van der Waals surface area contributed by atoms with Crippen molar-refractivity contribution < 1.29 is 9.53 Å². The SMILES string of the molecule is C=C(C)CC1(C)CC(c2ccc(OC)cc2)=NN1C(C)=O. The number of carbonyl (C=O) groups is 1. The smallest absolute Gasteiger partial charge is 0.240 e. The van der Waals surface area contributed by atoms with Gasteiger partial charge in [0.2, 0.25) is 5.91 Å². The molecule has 0 saturated carbocycles. The average molecular weight is 286 g/mol. The lowest BCUT2D eigenvalue weighted by atomic mass is 9.87. The van der Waals surface area contributed by atoms with E-state index in [4.69, 9.17) is 4.74 Å². The fourth-order valence-electron chi connectivity index (χ4n) is 2.89. The van der Waals surface area contributed by atoms with Crippen molar-refractivity contribution in [3.63, 3.8) is 0 Å². The molecular weight excluding hydrogens is 264 g/mol. The molecule has 4 heteroatoms. The topological polar surface area (TPSA) is 41.9 Å². The fourth-order valence-corrected chi connectivity index (χ4v) is 2.89. The number of carbonyl (C=O) groups excluding carboxylic acids is 1. The Morgan fingerprint density at radius 2 is 2.00 bits per heavy atom. The maximum absolute atomic E-state index is 11.9. The largest absolute Gasteiger partial charge is 0.497 e. The van der Waals surface area contributed by atoms with Crippen molar-refractivity contribution in [2.75, 3.05) is 7.11 Å². The number of hydrazone groups is 1. The van der Waals surface area contributed by atoms with Gasteiger partial charge in [-0.25, -0.2) is 5.01 Å². The van der Waals surface area contributed by atoms with E-state index in [1.165, 1.54) is 0 Å². The highest BCUT2D eigenvalue weighted by Gasteiger charge is 2.40. The third-order valence-corrected chi connectivity index (χ3v) is 3.68. The highest BCUT2D eigenvalue weighted by Crippen LogP contribution is 2.35. The van der Waals surface area contributed by atoms with E-state index >= 15 is 0 Å². The summed E-state index contributed by atoms with van der Waals surface area (Å²) in [6, 6.07) is 7.76. The van der Waals surface area contributed by atoms with E-state index in [1.807, 2.05) is 31.2 Å². The van der Waals surface area contributed by atoms with Crippen LogP contribution in [0.25, 0.3) is 0 Å². The molecular formula is C17H22N2O2. The van der Waals surface area contributed by atoms with E-state index in [0.29, 0.717) is 0 Å². The van der Waals surface area contributed by atoms with Crippen LogP contribution in [0.4, 0.5) is 0 Å². The molecule has 1 aliphatic rings. The van der Waals surface area contributed by atoms with E-state index in [1.54, 1.807) is 19.0 Å². The lowest BCUT2D eigenvalue weighted by Gasteiger charge is -2.32. The van der Waals surface area contributed by atoms with Crippen molar-refractivity contribution in [2.45, 2.75) is 39.2 Å². The second kappa shape index (κ2) is 5.72. The van der Waals surface area contributed by atoms with Crippen molar-refractivity contribution in [3.05, 3.63) is 42.0 Å². The summed E-state index contributed by atoms with van der Waals surface area (Å²) in [5.41, 5.74) is 2.67. The van der Waals surface area contributed by atoms with Gasteiger partial charge in [0, 0.05) is 13.3 Å². The number of methoxy groups -OCH3 is 1. The lowest BCUT2D eigenvalue weighted by Crippen LogP contribution is -2.42. The van der Waals surface area contributed by atoms with Crippen LogP contribution in [-0.4, -0.2) is 29.3 Å². The van der Waals surface area contributed by atoms with Crippen LogP contribution in [-0.2, 0) is 4.79 Å². The van der Waals surface area contributed by atoms with Crippen molar-refractivity contribution in [1.82, 2.24) is 5.01 Å². The minimum Gasteiger partial charge on any atom is -0.497 e. The third-order valence-electron chi connectivity index (χ3n) is 3.68. The van der Waals surface area contributed by atoms with Crippen molar-refractivity contribution in [1.29, 1.82) is 0 Å². The van der Waals surface area contributed by atoms with Gasteiger partial charge in [0.05, 0.1) is 18.4 Å². The molecule has 0 aromatic heterocycles. The molecule has 112 valence electrons. The average Bonchev–Trinajstić information content (AvgIpc) is 2.75. The van der Waals surface area contributed by atoms with Crippen LogP contribution >= 0.6 is 0 Å². The van der Waals surface area contributed by atoms with Gasteiger partial charge in [-0.15, -0.1) is 6.58 Å². The number of nitrogens with zero attached hydrogens (tertiary/aromatic N) is 2. The minimum absolute atomic E-state index is 0.0396. The molecule has 1 heterocycles. The first-order valence-corrected chi connectivity index (χ1v) is 7.03. The van der Waals surface area contributed by atoms with E-state index in [9.17, 15) is 4.79 Å². The molecule has 1 unspecified atom stereocenters. The Labute approximate surface area is 126 Å². The van der Waals surface area contributed by atoms with Crippen LogP contribution in [0.3, 0.4) is 0 Å². The summed E-state index contributed by atoms with van der Waals surface area (Å²) in [6.07, 6.45) is 1.47. The van der Waals surface area contributed by atoms with Crippen molar-refractivity contribution >= 4 is 11.6 Å². The molecule has 1 amide bonds. The molecule has 1 aromatic rings. The number of rotatable bonds is 4. The molecule has 0 N–H and O–H groups in total. The Morgan fingerprint density at radius 1 is 1.38 bits per heavy atom. The molecule has 21 heavy (non-hydrogen) atoms. The summed E-state index contributed by atoms with van der Waals surface area (Å²) >= 11 is 0. The molecule has 0 radical (unpaired) electrons. The normalized spacial score (nSPS) is 21.1. The third kappa shape index (κ3) is 3.15. The van der Waals surface area contributed by atoms with E-state index in [0.717, 1.165) is 35.4 Å². The summed E-state index contributed by atoms with van der Waals surface area (Å²) in [7, 11) is 1.64. The van der Waals surface area contributed by atoms with Crippen LogP contribution in [0.2, 0.25) is 0 Å². The maximum Gasteiger partial charge on any atom is 0.240 e. The van der Waals surface area contributed by atoms with Gasteiger partial charge in [0.25, 0.3) is 0 Å². The Balaban J connectivity index is 2.31. The molecule has 1 aliphatic heterocycles. The number of ether oxygens (including phenoxy) is 1. The van der Waals surface area contributed by atoms with Crippen LogP contribution in [0.1, 0.15) is 39.2 Å². The van der Waals surface area contributed by atoms with Gasteiger partial charge in [0.15, 0.2) is 0 Å². The fraction of sp³-hybridized carbons (Fsp3) is 0.412. The summed E-state index contributed by atoms with van der Waals surface area (Å²) in [5.74, 6) is 0.771. The first-order chi connectivity index (χ1) is 9.85. The zero-order valence-corrected chi connectivity index (χ0v) is 13.1. The van der Waals surface area contributed by atoms with E-state index < -0.39 is 0 Å². The first-order valence-electron chi connectivity index (χ1n) is 7.03. The van der Waals surface area contributed by atoms with Gasteiger partial charge in [0.1, 0.15) is 5.75 Å². The summed E-state index contributed by atoms with van der Waals surface area (Å²) < 4.78 is 5.17. The molecule has 1 aromatic carbocycles. The number of hydrogen-bond donors (Lipinski definition) is 0. The van der Waals surface area contributed by atoms with Gasteiger partial charge in [-0.1, -0.05) is 5.57 Å². The molecule has 0 spiro atoms. The Bertz CT molecular complexity index is 589. The number of amides is 1. The monoisotopic (exact) mass is 286 g/mol. The van der Waals surface area contributed by atoms with E-state index in [2.05, 4.69) is 18.6 Å². The van der Waals surface area contributed by atoms with Gasteiger partial charge in [-0.2, -0.15) is 5.10 Å². The second-order valence-corrected chi connectivity index (χ2v) is 5.91.